The van der Waals surface area contributed by atoms with Gasteiger partial charge in [-0.2, -0.15) is 0 Å². The molecule has 2 atom stereocenters. The van der Waals surface area contributed by atoms with Crippen molar-refractivity contribution in [2.24, 2.45) is 0 Å². The number of aromatic nitrogens is 1. The van der Waals surface area contributed by atoms with Crippen LogP contribution in [0.2, 0.25) is 0 Å². The lowest BCUT2D eigenvalue weighted by Crippen LogP contribution is -2.41. The molecule has 1 aliphatic rings. The van der Waals surface area contributed by atoms with E-state index in [0.29, 0.717) is 0 Å². The number of carbonyl (C=O) groups is 1. The zero-order valence-corrected chi connectivity index (χ0v) is 10.7. The molecule has 98 valence electrons. The monoisotopic (exact) mass is 292 g/mol. The lowest BCUT2D eigenvalue weighted by molar-refractivity contribution is 0.0937. The molecule has 0 aromatic carbocycles. The van der Waals surface area contributed by atoms with Crippen molar-refractivity contribution in [1.82, 2.24) is 10.3 Å². The Labute approximate surface area is 108 Å². The molecule has 1 N–H and O–H groups in total. The van der Waals surface area contributed by atoms with E-state index in [1.165, 1.54) is 12.3 Å². The fraction of sp³-hybridized carbons (Fsp3) is 0.400. The smallest absolute Gasteiger partial charge is 0.254 e. The van der Waals surface area contributed by atoms with E-state index < -0.39 is 33.0 Å². The number of rotatable bonds is 2. The first-order chi connectivity index (χ1) is 8.39. The summed E-state index contributed by atoms with van der Waals surface area (Å²) in [5, 5.41) is 1.73. The number of nitrogens with zero attached hydrogens (tertiary/aromatic N) is 1. The summed E-state index contributed by atoms with van der Waals surface area (Å²) in [6.07, 6.45) is 2.19. The molecule has 2 heterocycles. The van der Waals surface area contributed by atoms with Crippen LogP contribution in [0.15, 0.2) is 18.5 Å². The van der Waals surface area contributed by atoms with Gasteiger partial charge >= 0.3 is 0 Å². The summed E-state index contributed by atoms with van der Waals surface area (Å²) < 4.78 is 35.9. The van der Waals surface area contributed by atoms with E-state index in [4.69, 9.17) is 11.6 Å². The van der Waals surface area contributed by atoms with E-state index in [-0.39, 0.29) is 17.1 Å². The molecule has 0 radical (unpaired) electrons. The van der Waals surface area contributed by atoms with Gasteiger partial charge in [0.1, 0.15) is 0 Å². The summed E-state index contributed by atoms with van der Waals surface area (Å²) >= 11 is 5.83. The number of carbonyl (C=O) groups excluding carboxylic acids is 1. The van der Waals surface area contributed by atoms with Crippen molar-refractivity contribution in [3.63, 3.8) is 0 Å². The molecule has 0 aliphatic carbocycles. The van der Waals surface area contributed by atoms with Gasteiger partial charge < -0.3 is 5.32 Å². The summed E-state index contributed by atoms with van der Waals surface area (Å²) in [6.45, 7) is 0. The predicted molar refractivity (Wildman–Crippen MR) is 63.7 cm³/mol. The topological polar surface area (TPSA) is 76.1 Å². The Hall–Kier alpha value is -1.21. The Morgan fingerprint density at radius 2 is 2.22 bits per heavy atom. The SMILES string of the molecule is O=C(NC1CS(=O)(=O)CC1Cl)c1ccncc1F. The predicted octanol–water partition coefficient (Wildman–Crippen LogP) is 0.355. The van der Waals surface area contributed by atoms with Crippen LogP contribution < -0.4 is 5.32 Å². The van der Waals surface area contributed by atoms with Crippen LogP contribution in [0, 0.1) is 5.82 Å². The minimum atomic E-state index is -3.24. The summed E-state index contributed by atoms with van der Waals surface area (Å²) in [6, 6.07) is 0.522. The first kappa shape index (κ1) is 13.2. The van der Waals surface area contributed by atoms with Gasteiger partial charge in [0.2, 0.25) is 0 Å². The Bertz CT molecular complexity index is 578. The fourth-order valence-electron chi connectivity index (χ4n) is 1.74. The molecule has 2 unspecified atom stereocenters. The standard InChI is InChI=1S/C10H10ClFN2O3S/c11-7-4-18(16,17)5-9(7)14-10(15)6-1-2-13-3-8(6)12/h1-3,7,9H,4-5H2,(H,14,15). The minimum absolute atomic E-state index is 0.182. The van der Waals surface area contributed by atoms with Crippen LogP contribution in [0.4, 0.5) is 4.39 Å². The summed E-state index contributed by atoms with van der Waals surface area (Å²) in [4.78, 5) is 15.3. The van der Waals surface area contributed by atoms with Crippen molar-refractivity contribution in [3.8, 4) is 0 Å². The molecule has 0 bridgehead atoms. The Balaban J connectivity index is 2.12. The summed E-state index contributed by atoms with van der Waals surface area (Å²) in [5.41, 5.74) is -0.182. The van der Waals surface area contributed by atoms with Crippen LogP contribution in [0.3, 0.4) is 0 Å². The first-order valence-corrected chi connectivity index (χ1v) is 7.40. The molecule has 1 saturated heterocycles. The van der Waals surface area contributed by atoms with Gasteiger partial charge in [0.05, 0.1) is 34.7 Å². The van der Waals surface area contributed by atoms with Crippen molar-refractivity contribution >= 4 is 27.3 Å². The molecule has 1 fully saturated rings. The van der Waals surface area contributed by atoms with Gasteiger partial charge in [-0.05, 0) is 6.07 Å². The van der Waals surface area contributed by atoms with Crippen molar-refractivity contribution < 1.29 is 17.6 Å². The lowest BCUT2D eigenvalue weighted by Gasteiger charge is -2.14. The van der Waals surface area contributed by atoms with E-state index in [1.54, 1.807) is 0 Å². The van der Waals surface area contributed by atoms with E-state index in [9.17, 15) is 17.6 Å². The lowest BCUT2D eigenvalue weighted by atomic mass is 10.2. The second-order valence-corrected chi connectivity index (χ2v) is 6.74. The van der Waals surface area contributed by atoms with Gasteiger partial charge in [0.25, 0.3) is 5.91 Å². The largest absolute Gasteiger partial charge is 0.347 e. The van der Waals surface area contributed by atoms with Gasteiger partial charge in [0, 0.05) is 6.20 Å². The molecule has 0 saturated carbocycles. The van der Waals surface area contributed by atoms with Gasteiger partial charge in [-0.3, -0.25) is 9.78 Å². The van der Waals surface area contributed by atoms with E-state index >= 15 is 0 Å². The van der Waals surface area contributed by atoms with E-state index in [2.05, 4.69) is 10.3 Å². The number of hydrogen-bond acceptors (Lipinski definition) is 4. The van der Waals surface area contributed by atoms with E-state index in [1.807, 2.05) is 0 Å². The Kier molecular flexibility index (Phi) is 3.54. The third-order valence-corrected chi connectivity index (χ3v) is 4.99. The molecule has 2 rings (SSSR count). The van der Waals surface area contributed by atoms with Crippen molar-refractivity contribution in [2.45, 2.75) is 11.4 Å². The number of nitrogens with one attached hydrogen (secondary N) is 1. The van der Waals surface area contributed by atoms with Crippen LogP contribution in [0.5, 0.6) is 0 Å². The number of sulfone groups is 1. The van der Waals surface area contributed by atoms with Gasteiger partial charge in [-0.15, -0.1) is 11.6 Å². The normalized spacial score (nSPS) is 25.9. The molecule has 8 heteroatoms. The molecule has 1 aliphatic heterocycles. The Morgan fingerprint density at radius 1 is 1.50 bits per heavy atom. The molecule has 18 heavy (non-hydrogen) atoms. The quantitative estimate of drug-likeness (QED) is 0.798. The zero-order valence-electron chi connectivity index (χ0n) is 9.14. The number of halogens is 2. The molecular formula is C10H10ClFN2O3S. The van der Waals surface area contributed by atoms with E-state index in [0.717, 1.165) is 6.20 Å². The zero-order chi connectivity index (χ0) is 13.3. The third kappa shape index (κ3) is 2.78. The Morgan fingerprint density at radius 3 is 2.78 bits per heavy atom. The second kappa shape index (κ2) is 4.81. The van der Waals surface area contributed by atoms with Crippen LogP contribution in [-0.4, -0.2) is 42.2 Å². The molecule has 5 nitrogen and oxygen atoms in total. The number of alkyl halides is 1. The van der Waals surface area contributed by atoms with Gasteiger partial charge in [-0.1, -0.05) is 0 Å². The van der Waals surface area contributed by atoms with Crippen molar-refractivity contribution in [1.29, 1.82) is 0 Å². The molecule has 1 aromatic heterocycles. The molecule has 1 aromatic rings. The van der Waals surface area contributed by atoms with Crippen molar-refractivity contribution in [2.75, 3.05) is 11.5 Å². The maximum Gasteiger partial charge on any atom is 0.254 e. The highest BCUT2D eigenvalue weighted by Gasteiger charge is 2.37. The first-order valence-electron chi connectivity index (χ1n) is 5.14. The van der Waals surface area contributed by atoms with Crippen molar-refractivity contribution in [3.05, 3.63) is 29.8 Å². The average molecular weight is 293 g/mol. The maximum absolute atomic E-state index is 13.3. The summed E-state index contributed by atoms with van der Waals surface area (Å²) in [5.74, 6) is -1.86. The maximum atomic E-state index is 13.3. The minimum Gasteiger partial charge on any atom is -0.347 e. The van der Waals surface area contributed by atoms with Gasteiger partial charge in [0.15, 0.2) is 15.7 Å². The molecular weight excluding hydrogens is 283 g/mol. The third-order valence-electron chi connectivity index (χ3n) is 2.62. The average Bonchev–Trinajstić information content (AvgIpc) is 2.52. The summed E-state index contributed by atoms with van der Waals surface area (Å²) in [7, 11) is -3.24. The highest BCUT2D eigenvalue weighted by atomic mass is 35.5. The molecule has 0 spiro atoms. The highest BCUT2D eigenvalue weighted by molar-refractivity contribution is 7.91. The highest BCUT2D eigenvalue weighted by Crippen LogP contribution is 2.18. The molecule has 1 amide bonds. The van der Waals surface area contributed by atoms with Crippen LogP contribution in [-0.2, 0) is 9.84 Å². The second-order valence-electron chi connectivity index (χ2n) is 4.03. The number of pyridine rings is 1. The number of amides is 1. The van der Waals surface area contributed by atoms with Crippen LogP contribution >= 0.6 is 11.6 Å². The van der Waals surface area contributed by atoms with Gasteiger partial charge in [-0.25, -0.2) is 12.8 Å². The number of hydrogen-bond donors (Lipinski definition) is 1. The fourth-order valence-corrected chi connectivity index (χ4v) is 4.29. The van der Waals surface area contributed by atoms with Crippen LogP contribution in [0.25, 0.3) is 0 Å². The van der Waals surface area contributed by atoms with Crippen LogP contribution in [0.1, 0.15) is 10.4 Å².